The van der Waals surface area contributed by atoms with Gasteiger partial charge in [0.05, 0.1) is 10.6 Å². The van der Waals surface area contributed by atoms with Crippen LogP contribution in [0.25, 0.3) is 0 Å². The number of halogens is 1. The summed E-state index contributed by atoms with van der Waals surface area (Å²) in [6, 6.07) is 5.90. The van der Waals surface area contributed by atoms with E-state index in [0.717, 1.165) is 19.3 Å². The Balaban J connectivity index is 1.52. The van der Waals surface area contributed by atoms with Crippen molar-refractivity contribution < 1.29 is 19.1 Å². The maximum atomic E-state index is 12.7. The van der Waals surface area contributed by atoms with Gasteiger partial charge in [0.25, 0.3) is 11.8 Å². The molecule has 3 rings (SSSR count). The van der Waals surface area contributed by atoms with Crippen LogP contribution >= 0.6 is 11.6 Å². The van der Waals surface area contributed by atoms with Gasteiger partial charge in [0.1, 0.15) is 6.04 Å². The Bertz CT molecular complexity index is 825. The third-order valence-electron chi connectivity index (χ3n) is 5.89. The van der Waals surface area contributed by atoms with Crippen molar-refractivity contribution in [2.45, 2.75) is 59.0 Å². The molecule has 158 valence electrons. The predicted molar refractivity (Wildman–Crippen MR) is 111 cm³/mol. The van der Waals surface area contributed by atoms with Gasteiger partial charge in [0.15, 0.2) is 6.61 Å². The Morgan fingerprint density at radius 2 is 1.93 bits per heavy atom. The highest BCUT2D eigenvalue weighted by molar-refractivity contribution is 6.33. The van der Waals surface area contributed by atoms with E-state index in [-0.39, 0.29) is 34.9 Å². The van der Waals surface area contributed by atoms with Crippen LogP contribution in [0.5, 0.6) is 0 Å². The standard InChI is InChI=1S/C22H29ClN2O4/c1-14(24-19(27)16-7-5-6-8-17(16)23)20(28)29-11-18(26)25-13-22(4)10-15(25)9-21(2,3)12-22/h5-8,14-15H,9-13H2,1-4H3,(H,24,27)/t14-,15?,22?/m0/s1. The van der Waals surface area contributed by atoms with E-state index in [2.05, 4.69) is 26.1 Å². The number of fused-ring (bicyclic) bond motifs is 2. The van der Waals surface area contributed by atoms with E-state index in [0.29, 0.717) is 11.6 Å². The predicted octanol–water partition coefficient (Wildman–Crippen LogP) is 3.43. The zero-order chi connectivity index (χ0) is 21.4. The quantitative estimate of drug-likeness (QED) is 0.740. The van der Waals surface area contributed by atoms with E-state index in [9.17, 15) is 14.4 Å². The Morgan fingerprint density at radius 3 is 2.62 bits per heavy atom. The first-order chi connectivity index (χ1) is 13.5. The lowest BCUT2D eigenvalue weighted by molar-refractivity contribution is -0.153. The van der Waals surface area contributed by atoms with Crippen molar-refractivity contribution in [2.24, 2.45) is 10.8 Å². The number of carbonyl (C=O) groups is 3. The van der Waals surface area contributed by atoms with Crippen LogP contribution in [0.15, 0.2) is 24.3 Å². The summed E-state index contributed by atoms with van der Waals surface area (Å²) >= 11 is 6.01. The number of benzene rings is 1. The molecule has 1 aromatic carbocycles. The molecule has 1 N–H and O–H groups in total. The number of likely N-dealkylation sites (tertiary alicyclic amines) is 1. The molecule has 2 unspecified atom stereocenters. The van der Waals surface area contributed by atoms with Crippen molar-refractivity contribution in [1.82, 2.24) is 10.2 Å². The number of esters is 1. The van der Waals surface area contributed by atoms with Gasteiger partial charge >= 0.3 is 5.97 Å². The summed E-state index contributed by atoms with van der Waals surface area (Å²) in [6.07, 6.45) is 3.05. The van der Waals surface area contributed by atoms with Gasteiger partial charge in [-0.05, 0) is 49.1 Å². The summed E-state index contributed by atoms with van der Waals surface area (Å²) < 4.78 is 5.20. The molecule has 1 saturated heterocycles. The summed E-state index contributed by atoms with van der Waals surface area (Å²) in [5.74, 6) is -1.28. The number of hydrogen-bond donors (Lipinski definition) is 1. The molecule has 0 spiro atoms. The first-order valence-electron chi connectivity index (χ1n) is 10.0. The molecule has 0 radical (unpaired) electrons. The maximum Gasteiger partial charge on any atom is 0.328 e. The van der Waals surface area contributed by atoms with Crippen molar-refractivity contribution in [3.8, 4) is 0 Å². The minimum Gasteiger partial charge on any atom is -0.454 e. The van der Waals surface area contributed by atoms with Crippen LogP contribution in [-0.4, -0.2) is 47.9 Å². The zero-order valence-corrected chi connectivity index (χ0v) is 18.2. The topological polar surface area (TPSA) is 75.7 Å². The summed E-state index contributed by atoms with van der Waals surface area (Å²) in [5, 5.41) is 2.86. The summed E-state index contributed by atoms with van der Waals surface area (Å²) in [7, 11) is 0. The first kappa shape index (κ1) is 21.6. The SMILES string of the molecule is C[C@H](NC(=O)c1ccccc1Cl)C(=O)OCC(=O)N1CC2(C)CC1CC(C)(C)C2. The van der Waals surface area contributed by atoms with Gasteiger partial charge in [-0.3, -0.25) is 9.59 Å². The molecule has 7 heteroatoms. The first-order valence-corrected chi connectivity index (χ1v) is 10.4. The molecule has 2 amide bonds. The van der Waals surface area contributed by atoms with Crippen LogP contribution in [0, 0.1) is 10.8 Å². The summed E-state index contributed by atoms with van der Waals surface area (Å²) in [6.45, 7) is 8.64. The highest BCUT2D eigenvalue weighted by Gasteiger charge is 2.50. The normalized spacial score (nSPS) is 26.0. The van der Waals surface area contributed by atoms with Crippen LogP contribution in [-0.2, 0) is 14.3 Å². The minimum absolute atomic E-state index is 0.127. The van der Waals surface area contributed by atoms with E-state index in [1.807, 2.05) is 4.90 Å². The number of amides is 2. The van der Waals surface area contributed by atoms with Crippen molar-refractivity contribution >= 4 is 29.4 Å². The lowest BCUT2D eigenvalue weighted by atomic mass is 9.65. The smallest absolute Gasteiger partial charge is 0.328 e. The molecule has 29 heavy (non-hydrogen) atoms. The molecular formula is C22H29ClN2O4. The molecule has 2 aliphatic rings. The molecule has 6 nitrogen and oxygen atoms in total. The van der Waals surface area contributed by atoms with Crippen LogP contribution in [0.3, 0.4) is 0 Å². The lowest BCUT2D eigenvalue weighted by Gasteiger charge is -2.39. The molecular weight excluding hydrogens is 392 g/mol. The maximum absolute atomic E-state index is 12.7. The number of rotatable bonds is 5. The number of ether oxygens (including phenoxy) is 1. The van der Waals surface area contributed by atoms with Gasteiger partial charge in [-0.2, -0.15) is 0 Å². The third kappa shape index (κ3) is 4.92. The number of nitrogens with zero attached hydrogens (tertiary/aromatic N) is 1. The molecule has 1 aliphatic heterocycles. The number of hydrogen-bond acceptors (Lipinski definition) is 4. The van der Waals surface area contributed by atoms with Crippen molar-refractivity contribution in [3.63, 3.8) is 0 Å². The summed E-state index contributed by atoms with van der Waals surface area (Å²) in [4.78, 5) is 39.1. The van der Waals surface area contributed by atoms with E-state index in [4.69, 9.17) is 16.3 Å². The largest absolute Gasteiger partial charge is 0.454 e. The molecule has 2 bridgehead atoms. The third-order valence-corrected chi connectivity index (χ3v) is 6.22. The van der Waals surface area contributed by atoms with E-state index in [1.54, 1.807) is 24.3 Å². The van der Waals surface area contributed by atoms with Gasteiger partial charge in [-0.1, -0.05) is 44.5 Å². The highest BCUT2D eigenvalue weighted by Crippen LogP contribution is 2.52. The summed E-state index contributed by atoms with van der Waals surface area (Å²) in [5.41, 5.74) is 0.619. The van der Waals surface area contributed by atoms with Crippen molar-refractivity contribution in [1.29, 1.82) is 0 Å². The van der Waals surface area contributed by atoms with E-state index in [1.165, 1.54) is 6.92 Å². The fourth-order valence-electron chi connectivity index (χ4n) is 5.07. The molecule has 1 aliphatic carbocycles. The van der Waals surface area contributed by atoms with Gasteiger partial charge in [-0.15, -0.1) is 0 Å². The molecule has 2 fully saturated rings. The Kier molecular flexibility index (Phi) is 5.95. The van der Waals surface area contributed by atoms with Gasteiger partial charge < -0.3 is 15.0 Å². The zero-order valence-electron chi connectivity index (χ0n) is 17.5. The van der Waals surface area contributed by atoms with Crippen molar-refractivity contribution in [3.05, 3.63) is 34.9 Å². The molecule has 1 saturated carbocycles. The lowest BCUT2D eigenvalue weighted by Crippen LogP contribution is -2.43. The number of nitrogens with one attached hydrogen (secondary N) is 1. The molecule has 0 aromatic heterocycles. The average Bonchev–Trinajstić information content (AvgIpc) is 2.88. The van der Waals surface area contributed by atoms with E-state index >= 15 is 0 Å². The van der Waals surface area contributed by atoms with Crippen LogP contribution in [0.1, 0.15) is 57.3 Å². The second kappa shape index (κ2) is 7.98. The second-order valence-electron chi connectivity index (χ2n) is 9.52. The number of carbonyl (C=O) groups excluding carboxylic acids is 3. The fourth-order valence-corrected chi connectivity index (χ4v) is 5.29. The van der Waals surface area contributed by atoms with Gasteiger partial charge in [0.2, 0.25) is 0 Å². The van der Waals surface area contributed by atoms with Crippen LogP contribution in [0.2, 0.25) is 5.02 Å². The minimum atomic E-state index is -0.888. The monoisotopic (exact) mass is 420 g/mol. The average molecular weight is 421 g/mol. The molecule has 1 aromatic rings. The van der Waals surface area contributed by atoms with Gasteiger partial charge in [0, 0.05) is 12.6 Å². The Morgan fingerprint density at radius 1 is 1.24 bits per heavy atom. The molecule has 1 heterocycles. The van der Waals surface area contributed by atoms with E-state index < -0.39 is 17.9 Å². The van der Waals surface area contributed by atoms with Crippen LogP contribution in [0.4, 0.5) is 0 Å². The highest BCUT2D eigenvalue weighted by atomic mass is 35.5. The Hall–Kier alpha value is -2.08. The fraction of sp³-hybridized carbons (Fsp3) is 0.591. The van der Waals surface area contributed by atoms with Crippen molar-refractivity contribution in [2.75, 3.05) is 13.2 Å². The van der Waals surface area contributed by atoms with Crippen LogP contribution < -0.4 is 5.32 Å². The molecule has 3 atom stereocenters. The Labute approximate surface area is 176 Å². The van der Waals surface area contributed by atoms with Gasteiger partial charge in [-0.25, -0.2) is 4.79 Å². The second-order valence-corrected chi connectivity index (χ2v) is 9.93.